The Kier molecular flexibility index (Phi) is 4.50. The van der Waals surface area contributed by atoms with Gasteiger partial charge in [0.2, 0.25) is 0 Å². The third kappa shape index (κ3) is 3.83. The van der Waals surface area contributed by atoms with Gasteiger partial charge in [-0.3, -0.25) is 10.00 Å². The fraction of sp³-hybridized carbons (Fsp3) is 0.412. The van der Waals surface area contributed by atoms with Crippen molar-refractivity contribution in [1.29, 1.82) is 0 Å². The third-order valence-corrected chi connectivity index (χ3v) is 4.20. The van der Waals surface area contributed by atoms with Crippen LogP contribution in [0.15, 0.2) is 36.4 Å². The SMILES string of the molecule is Cc1cc(NC(=O)NC[C@@H]2CCN(c3ccccc3)C2)n(C)n1. The first kappa shape index (κ1) is 15.4. The van der Waals surface area contributed by atoms with E-state index in [1.165, 1.54) is 5.69 Å². The number of amides is 2. The lowest BCUT2D eigenvalue weighted by molar-refractivity contribution is 0.250. The molecular formula is C17H23N5O. The van der Waals surface area contributed by atoms with Crippen LogP contribution < -0.4 is 15.5 Å². The molecule has 1 aliphatic heterocycles. The number of aryl methyl sites for hydroxylation is 2. The van der Waals surface area contributed by atoms with Gasteiger partial charge >= 0.3 is 6.03 Å². The number of hydrogen-bond donors (Lipinski definition) is 2. The van der Waals surface area contributed by atoms with Gasteiger partial charge in [0.05, 0.1) is 5.69 Å². The van der Waals surface area contributed by atoms with Gasteiger partial charge in [-0.05, 0) is 31.4 Å². The van der Waals surface area contributed by atoms with Gasteiger partial charge in [-0.25, -0.2) is 4.79 Å². The summed E-state index contributed by atoms with van der Waals surface area (Å²) in [6, 6.07) is 12.1. The number of urea groups is 1. The Labute approximate surface area is 136 Å². The molecular weight excluding hydrogens is 290 g/mol. The summed E-state index contributed by atoms with van der Waals surface area (Å²) in [4.78, 5) is 14.4. The number of aromatic nitrogens is 2. The summed E-state index contributed by atoms with van der Waals surface area (Å²) in [5, 5.41) is 10.0. The van der Waals surface area contributed by atoms with E-state index in [9.17, 15) is 4.79 Å². The molecule has 0 aliphatic carbocycles. The number of anilines is 2. The zero-order chi connectivity index (χ0) is 16.2. The second kappa shape index (κ2) is 6.73. The van der Waals surface area contributed by atoms with E-state index in [2.05, 4.69) is 44.9 Å². The number of nitrogens with zero attached hydrogens (tertiary/aromatic N) is 3. The average Bonchev–Trinajstić information content (AvgIpc) is 3.13. The fourth-order valence-electron chi connectivity index (χ4n) is 3.00. The minimum atomic E-state index is -0.175. The summed E-state index contributed by atoms with van der Waals surface area (Å²) >= 11 is 0. The number of hydrogen-bond acceptors (Lipinski definition) is 3. The Bertz CT molecular complexity index is 667. The van der Waals surface area contributed by atoms with E-state index in [1.807, 2.05) is 26.1 Å². The van der Waals surface area contributed by atoms with Gasteiger partial charge in [0, 0.05) is 38.4 Å². The zero-order valence-electron chi connectivity index (χ0n) is 13.6. The van der Waals surface area contributed by atoms with Gasteiger partial charge in [0.1, 0.15) is 5.82 Å². The van der Waals surface area contributed by atoms with E-state index in [0.29, 0.717) is 18.3 Å². The summed E-state index contributed by atoms with van der Waals surface area (Å²) in [6.07, 6.45) is 1.10. The predicted molar refractivity (Wildman–Crippen MR) is 91.7 cm³/mol. The maximum absolute atomic E-state index is 12.0. The summed E-state index contributed by atoms with van der Waals surface area (Å²) < 4.78 is 1.67. The first-order valence-corrected chi connectivity index (χ1v) is 7.97. The smallest absolute Gasteiger partial charge is 0.320 e. The van der Waals surface area contributed by atoms with Gasteiger partial charge < -0.3 is 10.2 Å². The maximum atomic E-state index is 12.0. The van der Waals surface area contributed by atoms with Crippen molar-refractivity contribution >= 4 is 17.5 Å². The van der Waals surface area contributed by atoms with E-state index in [1.54, 1.807) is 4.68 Å². The Morgan fingerprint density at radius 1 is 1.35 bits per heavy atom. The van der Waals surface area contributed by atoms with Gasteiger partial charge in [-0.2, -0.15) is 5.10 Å². The van der Waals surface area contributed by atoms with E-state index in [0.717, 1.165) is 25.2 Å². The summed E-state index contributed by atoms with van der Waals surface area (Å²) in [5.74, 6) is 1.19. The van der Waals surface area contributed by atoms with Crippen LogP contribution in [0.25, 0.3) is 0 Å². The Balaban J connectivity index is 1.46. The molecule has 2 aromatic rings. The molecule has 2 N–H and O–H groups in total. The van der Waals surface area contributed by atoms with Gasteiger partial charge in [0.25, 0.3) is 0 Å². The summed E-state index contributed by atoms with van der Waals surface area (Å²) in [5.41, 5.74) is 2.14. The van der Waals surface area contributed by atoms with Crippen molar-refractivity contribution in [3.63, 3.8) is 0 Å². The molecule has 0 unspecified atom stereocenters. The first-order valence-electron chi connectivity index (χ1n) is 7.97. The van der Waals surface area contributed by atoms with Crippen molar-refractivity contribution in [3.8, 4) is 0 Å². The Morgan fingerprint density at radius 2 is 2.13 bits per heavy atom. The minimum absolute atomic E-state index is 0.175. The van der Waals surface area contributed by atoms with E-state index >= 15 is 0 Å². The first-order chi connectivity index (χ1) is 11.1. The molecule has 1 aliphatic rings. The molecule has 0 saturated carbocycles. The standard InChI is InChI=1S/C17H23N5O/c1-13-10-16(21(2)20-13)19-17(23)18-11-14-8-9-22(12-14)15-6-4-3-5-7-15/h3-7,10,14H,8-9,11-12H2,1-2H3,(H2,18,19,23)/t14-/m0/s1. The molecule has 2 amide bonds. The summed E-state index contributed by atoms with van der Waals surface area (Å²) in [6.45, 7) is 4.61. The molecule has 0 radical (unpaired) electrons. The molecule has 0 bridgehead atoms. The van der Waals surface area contributed by atoms with Crippen molar-refractivity contribution in [1.82, 2.24) is 15.1 Å². The minimum Gasteiger partial charge on any atom is -0.371 e. The van der Waals surface area contributed by atoms with Crippen molar-refractivity contribution in [3.05, 3.63) is 42.1 Å². The molecule has 23 heavy (non-hydrogen) atoms. The van der Waals surface area contributed by atoms with Crippen LogP contribution in [-0.2, 0) is 7.05 Å². The number of carbonyl (C=O) groups excluding carboxylic acids is 1. The molecule has 1 aromatic heterocycles. The van der Waals surface area contributed by atoms with Crippen molar-refractivity contribution in [2.75, 3.05) is 29.9 Å². The molecule has 0 spiro atoms. The van der Waals surface area contributed by atoms with E-state index in [4.69, 9.17) is 0 Å². The van der Waals surface area contributed by atoms with Crippen LogP contribution in [0.1, 0.15) is 12.1 Å². The van der Waals surface area contributed by atoms with Crippen molar-refractivity contribution in [2.45, 2.75) is 13.3 Å². The highest BCUT2D eigenvalue weighted by Crippen LogP contribution is 2.22. The average molecular weight is 313 g/mol. The van der Waals surface area contributed by atoms with Gasteiger partial charge in [-0.1, -0.05) is 18.2 Å². The number of rotatable bonds is 4. The lowest BCUT2D eigenvalue weighted by Gasteiger charge is -2.18. The van der Waals surface area contributed by atoms with Crippen LogP contribution >= 0.6 is 0 Å². The summed E-state index contributed by atoms with van der Waals surface area (Å²) in [7, 11) is 1.82. The molecule has 1 fully saturated rings. The lowest BCUT2D eigenvalue weighted by Crippen LogP contribution is -2.34. The van der Waals surface area contributed by atoms with Gasteiger partial charge in [0.15, 0.2) is 0 Å². The highest BCUT2D eigenvalue weighted by atomic mass is 16.2. The van der Waals surface area contributed by atoms with Crippen LogP contribution in [0.3, 0.4) is 0 Å². The van der Waals surface area contributed by atoms with Crippen LogP contribution in [0.2, 0.25) is 0 Å². The predicted octanol–water partition coefficient (Wildman–Crippen LogP) is 2.38. The number of nitrogens with one attached hydrogen (secondary N) is 2. The second-order valence-electron chi connectivity index (χ2n) is 6.07. The molecule has 3 rings (SSSR count). The van der Waals surface area contributed by atoms with Crippen LogP contribution in [-0.4, -0.2) is 35.4 Å². The highest BCUT2D eigenvalue weighted by Gasteiger charge is 2.23. The van der Waals surface area contributed by atoms with E-state index < -0.39 is 0 Å². The molecule has 1 atom stereocenters. The number of benzene rings is 1. The quantitative estimate of drug-likeness (QED) is 0.911. The molecule has 1 saturated heterocycles. The Hall–Kier alpha value is -2.50. The molecule has 2 heterocycles. The van der Waals surface area contributed by atoms with E-state index in [-0.39, 0.29) is 6.03 Å². The largest absolute Gasteiger partial charge is 0.371 e. The number of carbonyl (C=O) groups is 1. The maximum Gasteiger partial charge on any atom is 0.320 e. The second-order valence-corrected chi connectivity index (χ2v) is 6.07. The molecule has 6 heteroatoms. The topological polar surface area (TPSA) is 62.2 Å². The highest BCUT2D eigenvalue weighted by molar-refractivity contribution is 5.88. The zero-order valence-corrected chi connectivity index (χ0v) is 13.6. The van der Waals surface area contributed by atoms with Crippen LogP contribution in [0.4, 0.5) is 16.3 Å². The fourth-order valence-corrected chi connectivity index (χ4v) is 3.00. The molecule has 122 valence electrons. The van der Waals surface area contributed by atoms with Crippen molar-refractivity contribution < 1.29 is 4.79 Å². The van der Waals surface area contributed by atoms with Crippen LogP contribution in [0, 0.1) is 12.8 Å². The molecule has 6 nitrogen and oxygen atoms in total. The van der Waals surface area contributed by atoms with Crippen LogP contribution in [0.5, 0.6) is 0 Å². The normalized spacial score (nSPS) is 17.3. The monoisotopic (exact) mass is 313 g/mol. The number of para-hydroxylation sites is 1. The Morgan fingerprint density at radius 3 is 2.83 bits per heavy atom. The third-order valence-electron chi connectivity index (χ3n) is 4.20. The molecule has 1 aromatic carbocycles. The van der Waals surface area contributed by atoms with Crippen molar-refractivity contribution in [2.24, 2.45) is 13.0 Å². The van der Waals surface area contributed by atoms with Gasteiger partial charge in [-0.15, -0.1) is 0 Å². The lowest BCUT2D eigenvalue weighted by atomic mass is 10.1.